The Morgan fingerprint density at radius 3 is 2.52 bits per heavy atom. The number of carbonyl (C=O) groups is 2. The molecule has 5 rings (SSSR count). The lowest BCUT2D eigenvalue weighted by Gasteiger charge is -2.42. The first-order valence-electron chi connectivity index (χ1n) is 17.1. The maximum Gasteiger partial charge on any atom is 0.288 e. The Balaban J connectivity index is 1.28. The van der Waals surface area contributed by atoms with Gasteiger partial charge in [0.05, 0.1) is 18.6 Å². The van der Waals surface area contributed by atoms with Gasteiger partial charge in [-0.1, -0.05) is 80.8 Å². The summed E-state index contributed by atoms with van der Waals surface area (Å²) in [7, 11) is 0. The highest BCUT2D eigenvalue weighted by Gasteiger charge is 2.41. The quantitative estimate of drug-likeness (QED) is 0.314. The number of halogens is 1. The number of benzene rings is 2. The van der Waals surface area contributed by atoms with E-state index in [1.54, 1.807) is 4.90 Å². The van der Waals surface area contributed by atoms with Gasteiger partial charge in [-0.25, -0.2) is 4.99 Å². The van der Waals surface area contributed by atoms with Crippen molar-refractivity contribution in [2.45, 2.75) is 96.1 Å². The van der Waals surface area contributed by atoms with Crippen molar-refractivity contribution in [1.29, 1.82) is 0 Å². The molecule has 2 amide bonds. The summed E-state index contributed by atoms with van der Waals surface area (Å²) in [6.07, 6.45) is 6.49. The highest BCUT2D eigenvalue weighted by Crippen LogP contribution is 2.30. The molecule has 2 saturated heterocycles. The van der Waals surface area contributed by atoms with Gasteiger partial charge < -0.3 is 30.1 Å². The van der Waals surface area contributed by atoms with Crippen molar-refractivity contribution in [3.63, 3.8) is 0 Å². The Labute approximate surface area is 279 Å². The molecule has 3 heterocycles. The van der Waals surface area contributed by atoms with Crippen molar-refractivity contribution < 1.29 is 14.3 Å². The second-order valence-electron chi connectivity index (χ2n) is 13.2. The van der Waals surface area contributed by atoms with E-state index in [0.717, 1.165) is 36.9 Å². The monoisotopic (exact) mass is 650 g/mol. The van der Waals surface area contributed by atoms with Gasteiger partial charge in [0.2, 0.25) is 11.8 Å². The average Bonchev–Trinajstić information content (AvgIpc) is 3.46. The van der Waals surface area contributed by atoms with Gasteiger partial charge in [-0.05, 0) is 75.5 Å². The molecule has 0 bridgehead atoms. The fraction of sp³-hybridized carbons (Fsp3) is 0.583. The Morgan fingerprint density at radius 1 is 1.00 bits per heavy atom. The number of likely N-dealkylation sites (tertiary alicyclic amines) is 1. The lowest BCUT2D eigenvalue weighted by atomic mass is 10.0. The van der Waals surface area contributed by atoms with E-state index in [1.165, 1.54) is 32.4 Å². The zero-order chi connectivity index (χ0) is 32.5. The van der Waals surface area contributed by atoms with Crippen molar-refractivity contribution in [3.8, 4) is 0 Å². The van der Waals surface area contributed by atoms with Crippen LogP contribution in [-0.4, -0.2) is 96.0 Å². The molecule has 10 heteroatoms. The normalized spacial score (nSPS) is 22.8. The number of rotatable bonds is 12. The molecule has 0 aromatic heterocycles. The number of aliphatic imine (C=N–C) groups is 1. The summed E-state index contributed by atoms with van der Waals surface area (Å²) in [5.41, 5.74) is 1.98. The largest absolute Gasteiger partial charge is 0.455 e. The summed E-state index contributed by atoms with van der Waals surface area (Å²) in [5.74, 6) is -0.211. The predicted molar refractivity (Wildman–Crippen MR) is 184 cm³/mol. The van der Waals surface area contributed by atoms with Gasteiger partial charge in [0, 0.05) is 30.7 Å². The summed E-state index contributed by atoms with van der Waals surface area (Å²) < 4.78 is 6.39. The Kier molecular flexibility index (Phi) is 12.4. The van der Waals surface area contributed by atoms with Gasteiger partial charge in [0.1, 0.15) is 12.1 Å². The molecular weight excluding hydrogens is 600 g/mol. The van der Waals surface area contributed by atoms with E-state index in [4.69, 9.17) is 21.3 Å². The van der Waals surface area contributed by atoms with Crippen LogP contribution in [0.2, 0.25) is 5.02 Å². The molecule has 2 fully saturated rings. The van der Waals surface area contributed by atoms with Crippen LogP contribution in [0.15, 0.2) is 59.6 Å². The zero-order valence-corrected chi connectivity index (χ0v) is 28.4. The van der Waals surface area contributed by atoms with Crippen LogP contribution in [0.3, 0.4) is 0 Å². The molecule has 9 nitrogen and oxygen atoms in total. The molecule has 0 spiro atoms. The number of hydrogen-bond donors (Lipinski definition) is 2. The third kappa shape index (κ3) is 9.23. The maximum absolute atomic E-state index is 14.3. The number of nitrogens with zero attached hydrogens (tertiary/aromatic N) is 4. The van der Waals surface area contributed by atoms with E-state index >= 15 is 0 Å². The minimum absolute atomic E-state index is 0.0148. The number of carbonyl (C=O) groups excluding carboxylic acids is 2. The minimum atomic E-state index is -0.692. The summed E-state index contributed by atoms with van der Waals surface area (Å²) in [6, 6.07) is 17.1. The smallest absolute Gasteiger partial charge is 0.288 e. The van der Waals surface area contributed by atoms with Crippen LogP contribution in [-0.2, 0) is 20.9 Å². The maximum atomic E-state index is 14.3. The van der Waals surface area contributed by atoms with Crippen molar-refractivity contribution in [2.24, 2.45) is 4.99 Å². The number of piperazine rings is 1. The van der Waals surface area contributed by atoms with Gasteiger partial charge in [-0.2, -0.15) is 0 Å². The van der Waals surface area contributed by atoms with E-state index in [2.05, 4.69) is 41.5 Å². The molecule has 2 N–H and O–H groups in total. The number of piperidine rings is 1. The van der Waals surface area contributed by atoms with Crippen LogP contribution in [0.25, 0.3) is 0 Å². The summed E-state index contributed by atoms with van der Waals surface area (Å²) in [6.45, 7) is 11.2. The lowest BCUT2D eigenvalue weighted by Crippen LogP contribution is -2.64. The molecule has 3 aliphatic heterocycles. The molecule has 2 aromatic carbocycles. The zero-order valence-electron chi connectivity index (χ0n) is 27.7. The van der Waals surface area contributed by atoms with E-state index in [9.17, 15) is 9.59 Å². The van der Waals surface area contributed by atoms with E-state index in [0.29, 0.717) is 37.2 Å². The highest BCUT2D eigenvalue weighted by molar-refractivity contribution is 6.30. The van der Waals surface area contributed by atoms with E-state index in [1.807, 2.05) is 54.3 Å². The van der Waals surface area contributed by atoms with Crippen molar-refractivity contribution in [3.05, 3.63) is 70.7 Å². The number of unbranched alkanes of at least 4 members (excludes halogenated alkanes) is 1. The van der Waals surface area contributed by atoms with Gasteiger partial charge in [0.25, 0.3) is 6.02 Å². The van der Waals surface area contributed by atoms with Crippen LogP contribution >= 0.6 is 11.6 Å². The fourth-order valence-electron chi connectivity index (χ4n) is 6.78. The second-order valence-corrected chi connectivity index (χ2v) is 13.7. The Hall–Kier alpha value is -3.14. The van der Waals surface area contributed by atoms with E-state index in [-0.39, 0.29) is 36.0 Å². The predicted octanol–water partition coefficient (Wildman–Crippen LogP) is 5.01. The van der Waals surface area contributed by atoms with Gasteiger partial charge in [0.15, 0.2) is 0 Å². The third-order valence-corrected chi connectivity index (χ3v) is 9.44. The topological polar surface area (TPSA) is 89.5 Å². The molecule has 0 aliphatic carbocycles. The summed E-state index contributed by atoms with van der Waals surface area (Å²) in [5, 5.41) is 7.22. The molecule has 250 valence electrons. The molecule has 4 atom stereocenters. The number of nitrogens with one attached hydrogen (secondary N) is 2. The number of amides is 2. The first kappa shape index (κ1) is 34.2. The Morgan fingerprint density at radius 2 is 1.78 bits per heavy atom. The SMILES string of the molecule is CC(C)N[C@H](CCCCN1CCCCC1)C(=O)N1CCN(C2=N[C@@H](C)[C@H](c3ccccc3)O2)C[C@H]1C(=O)NCc1cccc(Cl)c1. The van der Waals surface area contributed by atoms with Crippen molar-refractivity contribution >= 4 is 29.4 Å². The highest BCUT2D eigenvalue weighted by atomic mass is 35.5. The third-order valence-electron chi connectivity index (χ3n) is 9.20. The van der Waals surface area contributed by atoms with Crippen LogP contribution in [0.5, 0.6) is 0 Å². The summed E-state index contributed by atoms with van der Waals surface area (Å²) in [4.78, 5) is 39.4. The first-order chi connectivity index (χ1) is 22.3. The van der Waals surface area contributed by atoms with Gasteiger partial charge in [-0.15, -0.1) is 0 Å². The molecular formula is C36H51ClN6O3. The molecule has 3 aliphatic rings. The Bertz CT molecular complexity index is 1320. The minimum Gasteiger partial charge on any atom is -0.455 e. The second kappa shape index (κ2) is 16.6. The molecule has 0 unspecified atom stereocenters. The van der Waals surface area contributed by atoms with Crippen LogP contribution in [0.1, 0.15) is 76.5 Å². The number of ether oxygens (including phenoxy) is 1. The fourth-order valence-corrected chi connectivity index (χ4v) is 6.99. The van der Waals surface area contributed by atoms with E-state index < -0.39 is 6.04 Å². The summed E-state index contributed by atoms with van der Waals surface area (Å²) >= 11 is 6.20. The average molecular weight is 651 g/mol. The van der Waals surface area contributed by atoms with Crippen LogP contribution in [0.4, 0.5) is 0 Å². The molecule has 0 radical (unpaired) electrons. The lowest BCUT2D eigenvalue weighted by molar-refractivity contribution is -0.145. The molecule has 2 aromatic rings. The molecule has 0 saturated carbocycles. The standard InChI is InChI=1S/C36H51ClN6O3/c1-26(2)39-31(17-8-11-20-41-18-9-5-10-19-41)35(45)43-22-21-42(36-40-27(3)33(46-36)29-14-6-4-7-15-29)25-32(43)34(44)38-24-28-13-12-16-30(37)23-28/h4,6-7,12-16,23,26-27,31-33,39H,5,8-11,17-22,24-25H2,1-3H3,(H,38,44)/t27-,31+,32-,33+/m0/s1. The van der Waals surface area contributed by atoms with Crippen LogP contribution in [0, 0.1) is 0 Å². The van der Waals surface area contributed by atoms with Crippen LogP contribution < -0.4 is 10.6 Å². The first-order valence-corrected chi connectivity index (χ1v) is 17.5. The van der Waals surface area contributed by atoms with Crippen molar-refractivity contribution in [1.82, 2.24) is 25.3 Å². The number of hydrogen-bond acceptors (Lipinski definition) is 7. The molecule has 46 heavy (non-hydrogen) atoms. The van der Waals surface area contributed by atoms with Gasteiger partial charge in [-0.3, -0.25) is 9.59 Å². The number of amidine groups is 1. The van der Waals surface area contributed by atoms with Gasteiger partial charge >= 0.3 is 0 Å². The van der Waals surface area contributed by atoms with Crippen molar-refractivity contribution in [2.75, 3.05) is 39.3 Å².